The Morgan fingerprint density at radius 3 is 2.28 bits per heavy atom. The van der Waals surface area contributed by atoms with Gasteiger partial charge < -0.3 is 44.8 Å². The first-order valence-corrected chi connectivity index (χ1v) is 13.5. The highest BCUT2D eigenvalue weighted by molar-refractivity contribution is 7.81. The number of aliphatic hydroxyl groups is 5. The Bertz CT molecular complexity index is 1130. The molecule has 0 aromatic carbocycles. The monoisotopic (exact) mass is 582 g/mol. The van der Waals surface area contributed by atoms with E-state index in [9.17, 15) is 54.0 Å². The summed E-state index contributed by atoms with van der Waals surface area (Å²) in [6, 6.07) is 0.939. The Balaban J connectivity index is 1.61. The molecule has 2 aliphatic heterocycles. The lowest BCUT2D eigenvalue weighted by Gasteiger charge is -2.40. The van der Waals surface area contributed by atoms with Crippen molar-refractivity contribution in [2.45, 2.75) is 54.4 Å². The third kappa shape index (κ3) is 6.71. The van der Waals surface area contributed by atoms with Crippen LogP contribution in [0.1, 0.15) is 6.23 Å². The Morgan fingerprint density at radius 2 is 1.67 bits per heavy atom. The van der Waals surface area contributed by atoms with Crippen molar-refractivity contribution in [2.75, 3.05) is 13.2 Å². The first kappa shape index (κ1) is 29.6. The van der Waals surface area contributed by atoms with E-state index in [-0.39, 0.29) is 0 Å². The molecule has 1 aromatic heterocycles. The zero-order valence-corrected chi connectivity index (χ0v) is 20.5. The Labute approximate surface area is 206 Å². The molecule has 0 amide bonds. The summed E-state index contributed by atoms with van der Waals surface area (Å²) >= 11 is 3.89. The van der Waals surface area contributed by atoms with Crippen molar-refractivity contribution in [3.05, 3.63) is 33.1 Å². The number of aliphatic hydroxyl groups excluding tert-OH is 5. The van der Waals surface area contributed by atoms with Crippen molar-refractivity contribution in [3.63, 3.8) is 0 Å². The van der Waals surface area contributed by atoms with Crippen LogP contribution >= 0.6 is 28.3 Å². The largest absolute Gasteiger partial charge is 0.483 e. The molecule has 18 nitrogen and oxygen atoms in total. The molecule has 0 bridgehead atoms. The Morgan fingerprint density at radius 1 is 1.00 bits per heavy atom. The summed E-state index contributed by atoms with van der Waals surface area (Å²) in [5.74, 6) is 0. The molecule has 5 unspecified atom stereocenters. The molecular formula is C15H24N2O16P2S. The summed E-state index contributed by atoms with van der Waals surface area (Å²) in [4.78, 5) is 44.6. The number of rotatable bonds is 9. The first-order valence-electron chi connectivity index (χ1n) is 9.99. The maximum Gasteiger partial charge on any atom is 0.483 e. The zero-order valence-electron chi connectivity index (χ0n) is 17.9. The second-order valence-electron chi connectivity index (χ2n) is 7.68. The minimum atomic E-state index is -5.52. The lowest BCUT2D eigenvalue weighted by Crippen LogP contribution is -2.56. The molecule has 0 spiro atoms. The van der Waals surface area contributed by atoms with E-state index in [0.717, 1.165) is 16.8 Å². The van der Waals surface area contributed by atoms with E-state index < -0.39 is 94.5 Å². The summed E-state index contributed by atoms with van der Waals surface area (Å²) in [6.45, 7) is -1.79. The molecule has 3 rings (SSSR count). The standard InChI is InChI=1S/C15H24N2O16P2S/c18-3-5-9(21)12(36)11(23)14(31-5)32-35(27,28)33-34(25,26)29-4-6-8(20)10(22)13(30-6)17-2-1-7(19)16-15(17)24/h1-2,5-6,8-14,18,20-23,36H,3-4H2,(H,25,26)(H,27,28)(H,16,19,24)/t5?,6-,8+,9+,10?,11?,12+,13-,14+/m1/s1. The number of nitrogens with one attached hydrogen (secondary N) is 1. The molecule has 3 heterocycles. The number of aromatic nitrogens is 2. The molecule has 0 saturated carbocycles. The highest BCUT2D eigenvalue weighted by atomic mass is 32.1. The normalized spacial score (nSPS) is 38.4. The number of aromatic amines is 1. The summed E-state index contributed by atoms with van der Waals surface area (Å²) in [5.41, 5.74) is -1.72. The molecule has 2 saturated heterocycles. The topological polar surface area (TPSA) is 277 Å². The first-order chi connectivity index (χ1) is 16.7. The van der Waals surface area contributed by atoms with Crippen LogP contribution < -0.4 is 11.2 Å². The number of phosphoric acid groups is 2. The van der Waals surface area contributed by atoms with Crippen LogP contribution in [0, 0.1) is 0 Å². The van der Waals surface area contributed by atoms with Crippen molar-refractivity contribution in [3.8, 4) is 0 Å². The second-order valence-corrected chi connectivity index (χ2v) is 11.3. The average molecular weight is 582 g/mol. The van der Waals surface area contributed by atoms with E-state index >= 15 is 0 Å². The number of nitrogens with zero attached hydrogens (tertiary/aromatic N) is 1. The predicted molar refractivity (Wildman–Crippen MR) is 116 cm³/mol. The van der Waals surface area contributed by atoms with Gasteiger partial charge >= 0.3 is 21.3 Å². The van der Waals surface area contributed by atoms with Crippen molar-refractivity contribution >= 4 is 28.3 Å². The molecule has 11 atom stereocenters. The molecule has 2 aliphatic rings. The highest BCUT2D eigenvalue weighted by Gasteiger charge is 2.49. The van der Waals surface area contributed by atoms with Crippen LogP contribution in [-0.2, 0) is 32.0 Å². The second kappa shape index (κ2) is 11.4. The third-order valence-electron chi connectivity index (χ3n) is 5.16. The van der Waals surface area contributed by atoms with Crippen LogP contribution in [0.3, 0.4) is 0 Å². The van der Waals surface area contributed by atoms with Gasteiger partial charge in [-0.25, -0.2) is 13.9 Å². The molecule has 21 heteroatoms. The lowest BCUT2D eigenvalue weighted by atomic mass is 10.0. The Hall–Kier alpha value is -0.990. The van der Waals surface area contributed by atoms with Gasteiger partial charge in [0.2, 0.25) is 0 Å². The average Bonchev–Trinajstić information content (AvgIpc) is 3.06. The fourth-order valence-corrected chi connectivity index (χ4v) is 5.84. The molecule has 0 radical (unpaired) electrons. The van der Waals surface area contributed by atoms with Gasteiger partial charge in [0, 0.05) is 12.3 Å². The van der Waals surface area contributed by atoms with E-state index in [1.165, 1.54) is 0 Å². The highest BCUT2D eigenvalue weighted by Crippen LogP contribution is 2.61. The maximum absolute atomic E-state index is 12.2. The SMILES string of the molecule is O=c1ccn([C@@H]2O[C@H](COP(=O)(O)OP(=O)(O)O[C@@H]3OC(CO)[C@H](O)[C@H](S)C3O)[C@H](O)C2O)c(=O)[nH]1. The summed E-state index contributed by atoms with van der Waals surface area (Å²) in [7, 11) is -11.0. The summed E-state index contributed by atoms with van der Waals surface area (Å²) in [5, 5.41) is 48.0. The van der Waals surface area contributed by atoms with Gasteiger partial charge in [0.05, 0.1) is 24.6 Å². The van der Waals surface area contributed by atoms with Crippen molar-refractivity contribution < 1.29 is 67.3 Å². The molecule has 0 aliphatic carbocycles. The fraction of sp³-hybridized carbons (Fsp3) is 0.733. The van der Waals surface area contributed by atoms with Gasteiger partial charge in [-0.15, -0.1) is 0 Å². The van der Waals surface area contributed by atoms with Gasteiger partial charge in [-0.05, 0) is 0 Å². The van der Waals surface area contributed by atoms with E-state index in [1.807, 2.05) is 4.98 Å². The van der Waals surface area contributed by atoms with Crippen LogP contribution in [0.2, 0.25) is 0 Å². The van der Waals surface area contributed by atoms with Crippen molar-refractivity contribution in [1.29, 1.82) is 0 Å². The smallest absolute Gasteiger partial charge is 0.394 e. The van der Waals surface area contributed by atoms with Crippen molar-refractivity contribution in [2.24, 2.45) is 0 Å². The number of phosphoric ester groups is 2. The number of hydrogen-bond donors (Lipinski definition) is 9. The van der Waals surface area contributed by atoms with Crippen molar-refractivity contribution in [1.82, 2.24) is 9.55 Å². The molecule has 2 fully saturated rings. The molecular weight excluding hydrogens is 558 g/mol. The minimum absolute atomic E-state index is 0.737. The van der Waals surface area contributed by atoms with E-state index in [2.05, 4.69) is 26.0 Å². The van der Waals surface area contributed by atoms with E-state index in [0.29, 0.717) is 0 Å². The third-order valence-corrected chi connectivity index (χ3v) is 8.37. The zero-order chi connectivity index (χ0) is 27.0. The predicted octanol–water partition coefficient (Wildman–Crippen LogP) is -3.86. The molecule has 206 valence electrons. The Kier molecular flexibility index (Phi) is 9.36. The number of hydrogen-bond acceptors (Lipinski definition) is 15. The van der Waals surface area contributed by atoms with Gasteiger partial charge in [0.25, 0.3) is 5.56 Å². The summed E-state index contributed by atoms with van der Waals surface area (Å²) in [6.07, 6.45) is -12.3. The van der Waals surface area contributed by atoms with Crippen LogP contribution in [0.4, 0.5) is 0 Å². The molecule has 1 aromatic rings. The minimum Gasteiger partial charge on any atom is -0.394 e. The van der Waals surface area contributed by atoms with Crippen LogP contribution in [0.15, 0.2) is 21.9 Å². The summed E-state index contributed by atoms with van der Waals surface area (Å²) < 4.78 is 48.5. The van der Waals surface area contributed by atoms with Gasteiger partial charge in [-0.1, -0.05) is 0 Å². The number of ether oxygens (including phenoxy) is 2. The lowest BCUT2D eigenvalue weighted by molar-refractivity contribution is -0.241. The van der Waals surface area contributed by atoms with Crippen LogP contribution in [0.5, 0.6) is 0 Å². The van der Waals surface area contributed by atoms with Gasteiger partial charge in [0.15, 0.2) is 12.5 Å². The van der Waals surface area contributed by atoms with Crippen LogP contribution in [0.25, 0.3) is 0 Å². The number of thiol groups is 1. The quantitative estimate of drug-likeness (QED) is 0.0995. The van der Waals surface area contributed by atoms with Gasteiger partial charge in [0.1, 0.15) is 30.5 Å². The van der Waals surface area contributed by atoms with E-state index in [1.54, 1.807) is 0 Å². The fourth-order valence-electron chi connectivity index (χ4n) is 3.35. The maximum atomic E-state index is 12.2. The van der Waals surface area contributed by atoms with Gasteiger partial charge in [-0.3, -0.25) is 23.4 Å². The van der Waals surface area contributed by atoms with E-state index in [4.69, 9.17) is 9.47 Å². The molecule has 8 N–H and O–H groups in total. The van der Waals surface area contributed by atoms with Crippen LogP contribution in [-0.4, -0.2) is 106 Å². The van der Waals surface area contributed by atoms with Gasteiger partial charge in [-0.2, -0.15) is 16.9 Å². The molecule has 36 heavy (non-hydrogen) atoms. The number of H-pyrrole nitrogens is 1.